The lowest BCUT2D eigenvalue weighted by Crippen LogP contribution is -2.39. The van der Waals surface area contributed by atoms with E-state index in [9.17, 15) is 4.79 Å². The minimum Gasteiger partial charge on any atom is -0.341 e. The molecule has 0 unspecified atom stereocenters. The highest BCUT2D eigenvalue weighted by Crippen LogP contribution is 2.20. The molecule has 0 saturated heterocycles. The van der Waals surface area contributed by atoms with Crippen LogP contribution in [-0.2, 0) is 0 Å². The molecule has 8 heteroatoms. The summed E-state index contributed by atoms with van der Waals surface area (Å²) < 4.78 is 0. The Kier molecular flexibility index (Phi) is 3.35. The Bertz CT molecular complexity index is 463. The second-order valence-corrected chi connectivity index (χ2v) is 3.63. The van der Waals surface area contributed by atoms with Gasteiger partial charge in [0.05, 0.1) is 5.69 Å². The van der Waals surface area contributed by atoms with E-state index in [-0.39, 0.29) is 6.03 Å². The van der Waals surface area contributed by atoms with Crippen molar-refractivity contribution in [3.8, 4) is 0 Å². The van der Waals surface area contributed by atoms with E-state index < -0.39 is 0 Å². The Balaban J connectivity index is 2.17. The molecule has 0 spiro atoms. The molecule has 1 aromatic rings. The lowest BCUT2D eigenvalue weighted by molar-refractivity contribution is 0.254. The number of carbonyl (C=O) groups excluding carboxylic acids is 1. The third-order valence-electron chi connectivity index (χ3n) is 2.11. The number of anilines is 2. The lowest BCUT2D eigenvalue weighted by Gasteiger charge is -2.17. The van der Waals surface area contributed by atoms with Gasteiger partial charge in [-0.2, -0.15) is 0 Å². The Morgan fingerprint density at radius 1 is 1.53 bits per heavy atom. The Labute approximate surface area is 104 Å². The number of hydrogen-bond donors (Lipinski definition) is 5. The fraction of sp³-hybridized carbons (Fsp3) is 0.111. The Morgan fingerprint density at radius 2 is 2.35 bits per heavy atom. The molecule has 1 heterocycles. The molecule has 1 aromatic carbocycles. The zero-order valence-corrected chi connectivity index (χ0v) is 9.95. The normalized spacial score (nSPS) is 14.0. The van der Waals surface area contributed by atoms with Gasteiger partial charge < -0.3 is 10.6 Å². The van der Waals surface area contributed by atoms with Crippen molar-refractivity contribution in [2.75, 3.05) is 17.4 Å². The second-order valence-electron chi connectivity index (χ2n) is 3.23. The maximum absolute atomic E-state index is 11.2. The number of rotatable bonds is 2. The van der Waals surface area contributed by atoms with Crippen LogP contribution in [0.25, 0.3) is 0 Å². The molecule has 90 valence electrons. The molecule has 0 aliphatic carbocycles. The topological polar surface area (TPSA) is 80.8 Å². The summed E-state index contributed by atoms with van der Waals surface area (Å²) in [4.78, 5) is 11.2. The van der Waals surface area contributed by atoms with Gasteiger partial charge in [0.1, 0.15) is 0 Å². The van der Waals surface area contributed by atoms with Crippen LogP contribution in [0.15, 0.2) is 29.4 Å². The van der Waals surface area contributed by atoms with E-state index in [0.29, 0.717) is 10.9 Å². The number of hydrogen-bond acceptors (Lipinski definition) is 5. The number of nitrogens with zero attached hydrogens (tertiary/aromatic N) is 2. The summed E-state index contributed by atoms with van der Waals surface area (Å²) in [5.41, 5.74) is 6.85. The fourth-order valence-electron chi connectivity index (χ4n) is 1.32. The van der Waals surface area contributed by atoms with E-state index in [1.807, 2.05) is 12.1 Å². The number of hydrazone groups is 1. The van der Waals surface area contributed by atoms with E-state index >= 15 is 0 Å². The number of nitrogens with one attached hydrogen (secondary N) is 4. The minimum atomic E-state index is -0.269. The van der Waals surface area contributed by atoms with Crippen LogP contribution in [0.4, 0.5) is 16.2 Å². The van der Waals surface area contributed by atoms with Crippen molar-refractivity contribution in [3.05, 3.63) is 24.3 Å². The van der Waals surface area contributed by atoms with Gasteiger partial charge in [0.2, 0.25) is 5.17 Å². The molecular formula is C9H12N6OS. The number of urea groups is 1. The van der Waals surface area contributed by atoms with Crippen molar-refractivity contribution in [1.82, 2.24) is 16.4 Å². The van der Waals surface area contributed by atoms with Gasteiger partial charge in [-0.1, -0.05) is 6.07 Å². The summed E-state index contributed by atoms with van der Waals surface area (Å²) in [7, 11) is 1.56. The summed E-state index contributed by atoms with van der Waals surface area (Å²) in [5.74, 6) is 0. The van der Waals surface area contributed by atoms with Gasteiger partial charge >= 0.3 is 6.03 Å². The summed E-state index contributed by atoms with van der Waals surface area (Å²) >= 11 is 4.17. The van der Waals surface area contributed by atoms with Crippen LogP contribution in [-0.4, -0.2) is 18.2 Å². The summed E-state index contributed by atoms with van der Waals surface area (Å²) in [6.45, 7) is 0. The third-order valence-corrected chi connectivity index (χ3v) is 2.41. The van der Waals surface area contributed by atoms with Crippen molar-refractivity contribution in [3.63, 3.8) is 0 Å². The number of carbonyl (C=O) groups is 1. The molecule has 17 heavy (non-hydrogen) atoms. The first-order chi connectivity index (χ1) is 8.20. The van der Waals surface area contributed by atoms with Crippen molar-refractivity contribution in [2.24, 2.45) is 5.10 Å². The Hall–Kier alpha value is -1.93. The average Bonchev–Trinajstić information content (AvgIpc) is 2.75. The summed E-state index contributed by atoms with van der Waals surface area (Å²) in [5, 5.41) is 11.1. The number of hydrazine groups is 2. The molecule has 2 rings (SSSR count). The van der Waals surface area contributed by atoms with Gasteiger partial charge in [-0.25, -0.2) is 15.3 Å². The molecule has 4 N–H and O–H groups in total. The van der Waals surface area contributed by atoms with Crippen molar-refractivity contribution >= 4 is 35.2 Å². The quantitative estimate of drug-likeness (QED) is 0.496. The first kappa shape index (κ1) is 11.6. The van der Waals surface area contributed by atoms with Crippen molar-refractivity contribution in [2.45, 2.75) is 0 Å². The lowest BCUT2D eigenvalue weighted by atomic mass is 10.3. The molecule has 1 aliphatic heterocycles. The molecule has 1 aliphatic rings. The van der Waals surface area contributed by atoms with Crippen molar-refractivity contribution in [1.29, 1.82) is 0 Å². The van der Waals surface area contributed by atoms with E-state index in [4.69, 9.17) is 0 Å². The molecule has 0 atom stereocenters. The smallest absolute Gasteiger partial charge is 0.318 e. The van der Waals surface area contributed by atoms with Crippen molar-refractivity contribution < 1.29 is 4.79 Å². The van der Waals surface area contributed by atoms with E-state index in [1.165, 1.54) is 0 Å². The monoisotopic (exact) mass is 252 g/mol. The summed E-state index contributed by atoms with van der Waals surface area (Å²) in [6, 6.07) is 7.00. The zero-order valence-electron chi connectivity index (χ0n) is 9.06. The molecular weight excluding hydrogens is 240 g/mol. The number of amides is 2. The van der Waals surface area contributed by atoms with Crippen LogP contribution in [0.2, 0.25) is 0 Å². The van der Waals surface area contributed by atoms with Crippen LogP contribution >= 0.6 is 12.6 Å². The van der Waals surface area contributed by atoms with Gasteiger partial charge in [-0.3, -0.25) is 0 Å². The predicted octanol–water partition coefficient (Wildman–Crippen LogP) is 0.468. The van der Waals surface area contributed by atoms with Gasteiger partial charge in [-0.15, -0.1) is 23.3 Å². The number of benzene rings is 1. The molecule has 2 amide bonds. The van der Waals surface area contributed by atoms with E-state index in [0.717, 1.165) is 5.69 Å². The van der Waals surface area contributed by atoms with Gasteiger partial charge in [0.25, 0.3) is 0 Å². The maximum Gasteiger partial charge on any atom is 0.318 e. The molecule has 0 bridgehead atoms. The molecule has 0 saturated carbocycles. The van der Waals surface area contributed by atoms with Gasteiger partial charge in [-0.05, 0) is 18.2 Å². The molecule has 7 nitrogen and oxygen atoms in total. The SMILES string of the molecule is CNC(=O)Nc1cccc(N2NNN=C2S)c1. The highest BCUT2D eigenvalue weighted by Gasteiger charge is 2.15. The minimum absolute atomic E-state index is 0.269. The third kappa shape index (κ3) is 2.60. The molecule has 0 aromatic heterocycles. The number of thiol groups is 1. The first-order valence-electron chi connectivity index (χ1n) is 4.87. The standard InChI is InChI=1S/C9H12N6OS/c1-10-8(16)11-6-3-2-4-7(5-6)15-9(17)12-13-14-15/h2-5,13-14H,1H3,(H,12,17)(H2,10,11,16). The second kappa shape index (κ2) is 4.93. The Morgan fingerprint density at radius 3 is 3.00 bits per heavy atom. The zero-order chi connectivity index (χ0) is 12.3. The number of amidine groups is 1. The summed E-state index contributed by atoms with van der Waals surface area (Å²) in [6.07, 6.45) is 0. The van der Waals surface area contributed by atoms with E-state index in [1.54, 1.807) is 24.2 Å². The van der Waals surface area contributed by atoms with Gasteiger partial charge in [0.15, 0.2) is 0 Å². The maximum atomic E-state index is 11.2. The van der Waals surface area contributed by atoms with Crippen LogP contribution in [0.1, 0.15) is 0 Å². The van der Waals surface area contributed by atoms with Crippen LogP contribution in [0, 0.1) is 0 Å². The highest BCUT2D eigenvalue weighted by molar-refractivity contribution is 7.97. The highest BCUT2D eigenvalue weighted by atomic mass is 32.1. The van der Waals surface area contributed by atoms with Gasteiger partial charge in [0, 0.05) is 12.7 Å². The van der Waals surface area contributed by atoms with E-state index in [2.05, 4.69) is 39.4 Å². The fourth-order valence-corrected chi connectivity index (χ4v) is 1.54. The molecule has 0 fully saturated rings. The van der Waals surface area contributed by atoms with Crippen LogP contribution in [0.3, 0.4) is 0 Å². The molecule has 0 radical (unpaired) electrons. The largest absolute Gasteiger partial charge is 0.341 e. The first-order valence-corrected chi connectivity index (χ1v) is 5.31. The van der Waals surface area contributed by atoms with Crippen LogP contribution in [0.5, 0.6) is 0 Å². The van der Waals surface area contributed by atoms with Crippen LogP contribution < -0.4 is 26.7 Å². The predicted molar refractivity (Wildman–Crippen MR) is 69.7 cm³/mol. The average molecular weight is 252 g/mol.